The Morgan fingerprint density at radius 3 is 2.96 bits per heavy atom. The van der Waals surface area contributed by atoms with Gasteiger partial charge in [-0.05, 0) is 31.5 Å². The second-order valence-corrected chi connectivity index (χ2v) is 5.68. The molecule has 0 aliphatic carbocycles. The summed E-state index contributed by atoms with van der Waals surface area (Å²) < 4.78 is 20.2. The van der Waals surface area contributed by atoms with Gasteiger partial charge in [0.25, 0.3) is 0 Å². The number of hydrogen-bond donors (Lipinski definition) is 2. The molecule has 7 nitrogen and oxygen atoms in total. The number of carbonyl (C=O) groups excluding carboxylic acids is 1. The molecule has 1 atom stereocenters. The molecule has 2 rings (SSSR count). The molecule has 0 fully saturated rings. The van der Waals surface area contributed by atoms with Crippen LogP contribution in [0, 0.1) is 12.7 Å². The van der Waals surface area contributed by atoms with Gasteiger partial charge in [-0.15, -0.1) is 10.2 Å². The van der Waals surface area contributed by atoms with Crippen LogP contribution in [0.1, 0.15) is 24.4 Å². The highest BCUT2D eigenvalue weighted by Crippen LogP contribution is 2.25. The van der Waals surface area contributed by atoms with Crippen molar-refractivity contribution in [3.63, 3.8) is 0 Å². The number of benzene rings is 1. The van der Waals surface area contributed by atoms with Gasteiger partial charge in [-0.25, -0.2) is 9.18 Å². The van der Waals surface area contributed by atoms with Crippen molar-refractivity contribution in [2.75, 3.05) is 19.0 Å². The molecule has 0 spiro atoms. The van der Waals surface area contributed by atoms with Crippen molar-refractivity contribution in [1.82, 2.24) is 20.1 Å². The number of rotatable bonds is 6. The van der Waals surface area contributed by atoms with E-state index in [1.807, 2.05) is 0 Å². The fourth-order valence-corrected chi connectivity index (χ4v) is 2.33. The molecule has 1 aromatic carbocycles. The summed E-state index contributed by atoms with van der Waals surface area (Å²) in [5.41, 5.74) is 0.725. The number of ether oxygens (including phenoxy) is 1. The van der Waals surface area contributed by atoms with Crippen LogP contribution in [0.5, 0.6) is 0 Å². The summed E-state index contributed by atoms with van der Waals surface area (Å²) >= 11 is 5.94. The average molecular weight is 356 g/mol. The summed E-state index contributed by atoms with van der Waals surface area (Å²) in [5.74, 6) is 0.175. The minimum atomic E-state index is -0.475. The molecule has 0 aliphatic rings. The first kappa shape index (κ1) is 18.2. The Morgan fingerprint density at radius 2 is 2.25 bits per heavy atom. The highest BCUT2D eigenvalue weighted by Gasteiger charge is 2.16. The van der Waals surface area contributed by atoms with E-state index in [0.29, 0.717) is 30.2 Å². The zero-order chi connectivity index (χ0) is 17.7. The van der Waals surface area contributed by atoms with E-state index >= 15 is 0 Å². The topological polar surface area (TPSA) is 81.1 Å². The van der Waals surface area contributed by atoms with E-state index in [-0.39, 0.29) is 11.1 Å². The molecule has 0 aliphatic heterocycles. The number of aryl methyl sites for hydroxylation is 1. The predicted molar refractivity (Wildman–Crippen MR) is 88.6 cm³/mol. The van der Waals surface area contributed by atoms with Gasteiger partial charge in [0.2, 0.25) is 0 Å². The van der Waals surface area contributed by atoms with Gasteiger partial charge in [-0.1, -0.05) is 11.6 Å². The summed E-state index contributed by atoms with van der Waals surface area (Å²) in [4.78, 5) is 12.1. The first-order valence-corrected chi connectivity index (χ1v) is 7.70. The Kier molecular flexibility index (Phi) is 6.10. The Bertz CT molecular complexity index is 722. The zero-order valence-corrected chi connectivity index (χ0v) is 14.4. The van der Waals surface area contributed by atoms with Gasteiger partial charge in [-0.2, -0.15) is 0 Å². The van der Waals surface area contributed by atoms with Gasteiger partial charge in [0, 0.05) is 13.7 Å². The monoisotopic (exact) mass is 355 g/mol. The molecule has 0 bridgehead atoms. The number of halogens is 2. The first-order chi connectivity index (χ1) is 11.4. The van der Waals surface area contributed by atoms with Gasteiger partial charge in [0.05, 0.1) is 23.4 Å². The maximum Gasteiger partial charge on any atom is 0.319 e. The highest BCUT2D eigenvalue weighted by atomic mass is 35.5. The van der Waals surface area contributed by atoms with Crippen molar-refractivity contribution >= 4 is 23.3 Å². The van der Waals surface area contributed by atoms with Gasteiger partial charge in [-0.3, -0.25) is 0 Å². The van der Waals surface area contributed by atoms with E-state index < -0.39 is 11.8 Å². The van der Waals surface area contributed by atoms with Crippen LogP contribution in [0.25, 0.3) is 0 Å². The third-order valence-corrected chi connectivity index (χ3v) is 3.73. The fraction of sp³-hybridized carbons (Fsp3) is 0.400. The second-order valence-electron chi connectivity index (χ2n) is 5.28. The van der Waals surface area contributed by atoms with Crippen LogP contribution < -0.4 is 10.6 Å². The van der Waals surface area contributed by atoms with Crippen molar-refractivity contribution in [2.45, 2.75) is 26.4 Å². The molecule has 130 valence electrons. The lowest BCUT2D eigenvalue weighted by Gasteiger charge is -2.16. The van der Waals surface area contributed by atoms with Crippen molar-refractivity contribution in [1.29, 1.82) is 0 Å². The summed E-state index contributed by atoms with van der Waals surface area (Å²) in [6, 6.07) is 1.78. The number of nitrogens with one attached hydrogen (secondary N) is 2. The third kappa shape index (κ3) is 4.42. The fourth-order valence-electron chi connectivity index (χ4n) is 2.13. The molecule has 0 radical (unpaired) electrons. The molecular formula is C15H19ClFN5O2. The summed E-state index contributed by atoms with van der Waals surface area (Å²) in [6.07, 6.45) is 1.57. The van der Waals surface area contributed by atoms with Gasteiger partial charge >= 0.3 is 6.03 Å². The Hall–Kier alpha value is -2.19. The molecule has 0 saturated heterocycles. The number of urea groups is 1. The van der Waals surface area contributed by atoms with Gasteiger partial charge < -0.3 is 19.9 Å². The molecular weight excluding hydrogens is 337 g/mol. The highest BCUT2D eigenvalue weighted by molar-refractivity contribution is 6.33. The zero-order valence-electron chi connectivity index (χ0n) is 13.6. The largest absolute Gasteiger partial charge is 0.383 e. The van der Waals surface area contributed by atoms with Crippen molar-refractivity contribution in [2.24, 2.45) is 0 Å². The normalized spacial score (nSPS) is 12.0. The molecule has 2 amide bonds. The lowest BCUT2D eigenvalue weighted by atomic mass is 10.2. The van der Waals surface area contributed by atoms with E-state index in [1.165, 1.54) is 6.07 Å². The van der Waals surface area contributed by atoms with E-state index in [9.17, 15) is 9.18 Å². The smallest absolute Gasteiger partial charge is 0.319 e. The van der Waals surface area contributed by atoms with Crippen LogP contribution in [0.4, 0.5) is 14.9 Å². The number of carbonyl (C=O) groups is 1. The molecule has 0 saturated carbocycles. The number of nitrogens with zero attached hydrogens (tertiary/aromatic N) is 3. The predicted octanol–water partition coefficient (Wildman–Crippen LogP) is 2.91. The van der Waals surface area contributed by atoms with Gasteiger partial charge in [0.15, 0.2) is 5.82 Å². The number of aromatic nitrogens is 3. The number of hydrogen-bond acceptors (Lipinski definition) is 4. The van der Waals surface area contributed by atoms with Crippen molar-refractivity contribution in [3.8, 4) is 0 Å². The van der Waals surface area contributed by atoms with Crippen LogP contribution in [0.3, 0.4) is 0 Å². The summed E-state index contributed by atoms with van der Waals surface area (Å²) in [5, 5.41) is 13.3. The summed E-state index contributed by atoms with van der Waals surface area (Å²) in [7, 11) is 1.60. The minimum absolute atomic E-state index is 0.129. The van der Waals surface area contributed by atoms with Crippen LogP contribution >= 0.6 is 11.6 Å². The van der Waals surface area contributed by atoms with E-state index in [2.05, 4.69) is 20.8 Å². The van der Waals surface area contributed by atoms with Crippen molar-refractivity contribution in [3.05, 3.63) is 40.7 Å². The molecule has 9 heteroatoms. The van der Waals surface area contributed by atoms with Crippen LogP contribution in [0.2, 0.25) is 5.02 Å². The maximum atomic E-state index is 13.4. The molecule has 0 unspecified atom stereocenters. The molecule has 24 heavy (non-hydrogen) atoms. The second kappa shape index (κ2) is 8.07. The van der Waals surface area contributed by atoms with E-state index in [4.69, 9.17) is 16.3 Å². The Morgan fingerprint density at radius 1 is 1.50 bits per heavy atom. The minimum Gasteiger partial charge on any atom is -0.383 e. The van der Waals surface area contributed by atoms with E-state index in [0.717, 1.165) is 6.07 Å². The maximum absolute atomic E-state index is 13.4. The standard InChI is InChI=1S/C15H19ClFN5O2/c1-9-6-13(11(16)7-12(9)17)20-15(23)19-10(2)14-21-18-8-22(14)4-5-24-3/h6-8,10H,4-5H2,1-3H3,(H2,19,20,23)/t10-/m1/s1. The average Bonchev–Trinajstić information content (AvgIpc) is 2.99. The lowest BCUT2D eigenvalue weighted by Crippen LogP contribution is -2.33. The SMILES string of the molecule is COCCn1cnnc1[C@@H](C)NC(=O)Nc1cc(C)c(F)cc1Cl. The van der Waals surface area contributed by atoms with Crippen LogP contribution in [-0.2, 0) is 11.3 Å². The summed E-state index contributed by atoms with van der Waals surface area (Å²) in [6.45, 7) is 4.46. The molecule has 2 N–H and O–H groups in total. The Balaban J connectivity index is 2.02. The van der Waals surface area contributed by atoms with E-state index in [1.54, 1.807) is 31.9 Å². The first-order valence-electron chi connectivity index (χ1n) is 7.32. The van der Waals surface area contributed by atoms with Crippen LogP contribution in [-0.4, -0.2) is 34.5 Å². The third-order valence-electron chi connectivity index (χ3n) is 3.41. The number of anilines is 1. The molecule has 2 aromatic rings. The van der Waals surface area contributed by atoms with Crippen LogP contribution in [0.15, 0.2) is 18.5 Å². The number of amides is 2. The molecule has 1 heterocycles. The quantitative estimate of drug-likeness (QED) is 0.834. The Labute approximate surface area is 144 Å². The number of methoxy groups -OCH3 is 1. The lowest BCUT2D eigenvalue weighted by molar-refractivity contribution is 0.185. The van der Waals surface area contributed by atoms with Gasteiger partial charge in [0.1, 0.15) is 12.1 Å². The van der Waals surface area contributed by atoms with Crippen molar-refractivity contribution < 1.29 is 13.9 Å². The molecule has 1 aromatic heterocycles.